The van der Waals surface area contributed by atoms with Crippen molar-refractivity contribution in [3.8, 4) is 5.75 Å². The highest BCUT2D eigenvalue weighted by molar-refractivity contribution is 5.71. The van der Waals surface area contributed by atoms with E-state index in [-0.39, 0.29) is 11.8 Å². The summed E-state index contributed by atoms with van der Waals surface area (Å²) in [6.07, 6.45) is -4.96. The van der Waals surface area contributed by atoms with Crippen molar-refractivity contribution in [1.29, 1.82) is 0 Å². The number of carbonyl (C=O) groups excluding carboxylic acids is 1. The second kappa shape index (κ2) is 5.81. The van der Waals surface area contributed by atoms with Gasteiger partial charge in [0.05, 0.1) is 11.7 Å². The molecule has 0 bridgehead atoms. The van der Waals surface area contributed by atoms with Crippen molar-refractivity contribution < 1.29 is 27.4 Å². The number of esters is 1. The molecule has 0 heterocycles. The zero-order valence-electron chi connectivity index (χ0n) is 10.5. The molecule has 0 saturated heterocycles. The number of anilines is 1. The third kappa shape index (κ3) is 4.69. The van der Waals surface area contributed by atoms with Gasteiger partial charge in [0.15, 0.2) is 6.61 Å². The fourth-order valence-electron chi connectivity index (χ4n) is 1.33. The van der Waals surface area contributed by atoms with E-state index >= 15 is 0 Å². The van der Waals surface area contributed by atoms with Crippen LogP contribution in [0.4, 0.5) is 18.9 Å². The molecule has 0 radical (unpaired) electrons. The van der Waals surface area contributed by atoms with Crippen LogP contribution in [0.5, 0.6) is 5.75 Å². The Balaban J connectivity index is 2.81. The van der Waals surface area contributed by atoms with E-state index in [4.69, 9.17) is 15.2 Å². The minimum Gasteiger partial charge on any atom is -0.481 e. The molecular weight excluding hydrogens is 263 g/mol. The Bertz CT molecular complexity index is 458. The van der Waals surface area contributed by atoms with Crippen LogP contribution in [0.25, 0.3) is 0 Å². The van der Waals surface area contributed by atoms with Gasteiger partial charge in [0.2, 0.25) is 0 Å². The smallest absolute Gasteiger partial charge is 0.420 e. The topological polar surface area (TPSA) is 61.5 Å². The molecule has 0 unspecified atom stereocenters. The highest BCUT2D eigenvalue weighted by atomic mass is 19.4. The molecule has 0 aromatic heterocycles. The van der Waals surface area contributed by atoms with Gasteiger partial charge in [-0.25, -0.2) is 4.79 Å². The molecule has 0 aliphatic carbocycles. The summed E-state index contributed by atoms with van der Waals surface area (Å²) in [5, 5.41) is 0. The second-order valence-corrected chi connectivity index (χ2v) is 4.08. The number of halogens is 3. The fourth-order valence-corrected chi connectivity index (χ4v) is 1.33. The van der Waals surface area contributed by atoms with E-state index in [0.717, 1.165) is 12.1 Å². The maximum Gasteiger partial charge on any atom is 0.420 e. The summed E-state index contributed by atoms with van der Waals surface area (Å²) in [4.78, 5) is 11.2. The first-order valence-corrected chi connectivity index (χ1v) is 5.49. The maximum atomic E-state index is 12.7. The lowest BCUT2D eigenvalue weighted by molar-refractivity contribution is -0.151. The van der Waals surface area contributed by atoms with Crippen molar-refractivity contribution in [3.05, 3.63) is 23.8 Å². The van der Waals surface area contributed by atoms with E-state index in [0.29, 0.717) is 0 Å². The molecule has 4 nitrogen and oxygen atoms in total. The van der Waals surface area contributed by atoms with Crippen molar-refractivity contribution in [3.63, 3.8) is 0 Å². The highest BCUT2D eigenvalue weighted by Crippen LogP contribution is 2.37. The number of hydrogen-bond donors (Lipinski definition) is 1. The minimum atomic E-state index is -4.60. The Hall–Kier alpha value is -1.92. The number of rotatable bonds is 4. The van der Waals surface area contributed by atoms with Crippen LogP contribution < -0.4 is 10.5 Å². The Morgan fingerprint density at radius 1 is 1.37 bits per heavy atom. The van der Waals surface area contributed by atoms with Crippen LogP contribution in [0, 0.1) is 0 Å². The molecule has 106 valence electrons. The predicted molar refractivity (Wildman–Crippen MR) is 62.6 cm³/mol. The van der Waals surface area contributed by atoms with Crippen LogP contribution in [0.3, 0.4) is 0 Å². The van der Waals surface area contributed by atoms with E-state index in [1.165, 1.54) is 6.07 Å². The molecule has 1 aromatic carbocycles. The molecule has 2 N–H and O–H groups in total. The average molecular weight is 277 g/mol. The summed E-state index contributed by atoms with van der Waals surface area (Å²) in [5.41, 5.74) is 4.24. The lowest BCUT2D eigenvalue weighted by atomic mass is 10.1. The van der Waals surface area contributed by atoms with Gasteiger partial charge < -0.3 is 15.2 Å². The first-order valence-electron chi connectivity index (χ1n) is 5.49. The van der Waals surface area contributed by atoms with Gasteiger partial charge in [-0.2, -0.15) is 13.2 Å². The van der Waals surface area contributed by atoms with Crippen LogP contribution in [0.15, 0.2) is 18.2 Å². The zero-order valence-corrected chi connectivity index (χ0v) is 10.5. The molecule has 1 aromatic rings. The Labute approximate surface area is 108 Å². The van der Waals surface area contributed by atoms with Gasteiger partial charge in [-0.05, 0) is 32.0 Å². The number of ether oxygens (including phenoxy) is 2. The molecular formula is C12H14F3NO3. The first kappa shape index (κ1) is 15.1. The molecule has 0 amide bonds. The number of nitrogen functional groups attached to an aromatic ring is 1. The summed E-state index contributed by atoms with van der Waals surface area (Å²) < 4.78 is 47.7. The summed E-state index contributed by atoms with van der Waals surface area (Å²) in [7, 11) is 0. The molecule has 0 spiro atoms. The van der Waals surface area contributed by atoms with Crippen molar-refractivity contribution in [1.82, 2.24) is 0 Å². The molecule has 0 saturated carbocycles. The standard InChI is InChI=1S/C12H14F3NO3/c1-7(2)19-11(17)6-18-10-4-3-8(16)5-9(10)12(13,14)15/h3-5,7H,6,16H2,1-2H3. The van der Waals surface area contributed by atoms with Crippen LogP contribution >= 0.6 is 0 Å². The van der Waals surface area contributed by atoms with E-state index in [1.54, 1.807) is 13.8 Å². The molecule has 7 heteroatoms. The van der Waals surface area contributed by atoms with Crippen molar-refractivity contribution in [2.75, 3.05) is 12.3 Å². The Kier molecular flexibility index (Phi) is 4.63. The third-order valence-electron chi connectivity index (χ3n) is 2.02. The lowest BCUT2D eigenvalue weighted by Crippen LogP contribution is -2.20. The van der Waals surface area contributed by atoms with Crippen molar-refractivity contribution in [2.45, 2.75) is 26.1 Å². The Morgan fingerprint density at radius 2 is 2.00 bits per heavy atom. The molecule has 0 atom stereocenters. The van der Waals surface area contributed by atoms with E-state index in [1.807, 2.05) is 0 Å². The van der Waals surface area contributed by atoms with Crippen LogP contribution in [-0.2, 0) is 15.7 Å². The SMILES string of the molecule is CC(C)OC(=O)COc1ccc(N)cc1C(F)(F)F. The number of benzene rings is 1. The summed E-state index contributed by atoms with van der Waals surface area (Å²) >= 11 is 0. The lowest BCUT2D eigenvalue weighted by Gasteiger charge is -2.14. The number of nitrogens with two attached hydrogens (primary N) is 1. The average Bonchev–Trinajstić information content (AvgIpc) is 2.25. The monoisotopic (exact) mass is 277 g/mol. The van der Waals surface area contributed by atoms with Gasteiger partial charge in [-0.15, -0.1) is 0 Å². The van der Waals surface area contributed by atoms with E-state index < -0.39 is 30.1 Å². The number of alkyl halides is 3. The molecule has 0 aliphatic heterocycles. The fraction of sp³-hybridized carbons (Fsp3) is 0.417. The third-order valence-corrected chi connectivity index (χ3v) is 2.02. The zero-order chi connectivity index (χ0) is 14.6. The van der Waals surface area contributed by atoms with Crippen LogP contribution in [0.1, 0.15) is 19.4 Å². The predicted octanol–water partition coefficient (Wildman–Crippen LogP) is 2.62. The Morgan fingerprint density at radius 3 is 2.53 bits per heavy atom. The van der Waals surface area contributed by atoms with Crippen LogP contribution in [0.2, 0.25) is 0 Å². The van der Waals surface area contributed by atoms with Gasteiger partial charge in [-0.3, -0.25) is 0 Å². The quantitative estimate of drug-likeness (QED) is 0.679. The van der Waals surface area contributed by atoms with Crippen molar-refractivity contribution >= 4 is 11.7 Å². The molecule has 0 aliphatic rings. The summed E-state index contributed by atoms with van der Waals surface area (Å²) in [6.45, 7) is 2.66. The molecule has 0 fully saturated rings. The number of carbonyl (C=O) groups is 1. The van der Waals surface area contributed by atoms with Crippen molar-refractivity contribution in [2.24, 2.45) is 0 Å². The van der Waals surface area contributed by atoms with Gasteiger partial charge in [0, 0.05) is 5.69 Å². The maximum absolute atomic E-state index is 12.7. The highest BCUT2D eigenvalue weighted by Gasteiger charge is 2.34. The summed E-state index contributed by atoms with van der Waals surface area (Å²) in [6, 6.07) is 3.09. The molecule has 19 heavy (non-hydrogen) atoms. The van der Waals surface area contributed by atoms with Gasteiger partial charge in [0.1, 0.15) is 5.75 Å². The van der Waals surface area contributed by atoms with E-state index in [2.05, 4.69) is 0 Å². The van der Waals surface area contributed by atoms with Gasteiger partial charge in [0.25, 0.3) is 0 Å². The largest absolute Gasteiger partial charge is 0.481 e. The van der Waals surface area contributed by atoms with E-state index in [9.17, 15) is 18.0 Å². The molecule has 1 rings (SSSR count). The van der Waals surface area contributed by atoms with Gasteiger partial charge in [-0.1, -0.05) is 0 Å². The van der Waals surface area contributed by atoms with Gasteiger partial charge >= 0.3 is 12.1 Å². The second-order valence-electron chi connectivity index (χ2n) is 4.08. The number of hydrogen-bond acceptors (Lipinski definition) is 4. The normalized spacial score (nSPS) is 11.5. The minimum absolute atomic E-state index is 0.0376. The first-order chi connectivity index (χ1) is 8.70. The van der Waals surface area contributed by atoms with Crippen LogP contribution in [-0.4, -0.2) is 18.7 Å². The summed E-state index contributed by atoms with van der Waals surface area (Å²) in [5.74, 6) is -1.19.